The number of anilines is 1. The van der Waals surface area contributed by atoms with Crippen molar-refractivity contribution in [2.75, 3.05) is 31.5 Å². The molecule has 1 saturated heterocycles. The molecule has 3 rings (SSSR count). The zero-order valence-corrected chi connectivity index (χ0v) is 16.0. The van der Waals surface area contributed by atoms with Crippen LogP contribution >= 0.6 is 0 Å². The molecule has 1 aromatic rings. The number of amides is 1. The maximum absolute atomic E-state index is 12.8. The van der Waals surface area contributed by atoms with Crippen molar-refractivity contribution in [3.63, 3.8) is 0 Å². The second kappa shape index (κ2) is 8.22. The van der Waals surface area contributed by atoms with Crippen LogP contribution in [0.2, 0.25) is 0 Å². The summed E-state index contributed by atoms with van der Waals surface area (Å²) in [7, 11) is 0. The van der Waals surface area contributed by atoms with Gasteiger partial charge in [-0.3, -0.25) is 9.69 Å². The van der Waals surface area contributed by atoms with E-state index >= 15 is 0 Å². The Kier molecular flexibility index (Phi) is 6.00. The van der Waals surface area contributed by atoms with Crippen molar-refractivity contribution in [2.24, 2.45) is 5.92 Å². The highest BCUT2D eigenvalue weighted by atomic mass is 16.2. The van der Waals surface area contributed by atoms with E-state index in [1.54, 1.807) is 0 Å². The molecule has 2 aliphatic rings. The molecule has 0 atom stereocenters. The Morgan fingerprint density at radius 3 is 2.16 bits per heavy atom. The highest BCUT2D eigenvalue weighted by molar-refractivity contribution is 5.79. The van der Waals surface area contributed by atoms with Gasteiger partial charge in [0.25, 0.3) is 0 Å². The van der Waals surface area contributed by atoms with Crippen molar-refractivity contribution in [3.05, 3.63) is 29.8 Å². The molecule has 1 aliphatic carbocycles. The number of carbonyl (C=O) groups is 1. The molecular formula is C21H33N3O. The first-order chi connectivity index (χ1) is 12.0. The van der Waals surface area contributed by atoms with Crippen molar-refractivity contribution in [1.29, 1.82) is 0 Å². The summed E-state index contributed by atoms with van der Waals surface area (Å²) < 4.78 is 0. The number of piperazine rings is 1. The third-order valence-electron chi connectivity index (χ3n) is 5.86. The number of nitrogens with one attached hydrogen (secondary N) is 1. The van der Waals surface area contributed by atoms with Crippen molar-refractivity contribution >= 4 is 11.6 Å². The van der Waals surface area contributed by atoms with Crippen LogP contribution in [0.15, 0.2) is 24.3 Å². The summed E-state index contributed by atoms with van der Waals surface area (Å²) in [6, 6.07) is 9.69. The van der Waals surface area contributed by atoms with E-state index in [-0.39, 0.29) is 5.92 Å². The van der Waals surface area contributed by atoms with Gasteiger partial charge in [-0.2, -0.15) is 0 Å². The zero-order valence-electron chi connectivity index (χ0n) is 16.0. The smallest absolute Gasteiger partial charge is 0.225 e. The summed E-state index contributed by atoms with van der Waals surface area (Å²) in [5.74, 6) is 0.638. The van der Waals surface area contributed by atoms with E-state index in [1.807, 2.05) is 0 Å². The Bertz CT molecular complexity index is 553. The predicted octanol–water partition coefficient (Wildman–Crippen LogP) is 3.52. The lowest BCUT2D eigenvalue weighted by molar-refractivity contribution is -0.138. The summed E-state index contributed by atoms with van der Waals surface area (Å²) in [6.07, 6.45) is 4.23. The van der Waals surface area contributed by atoms with E-state index in [4.69, 9.17) is 0 Å². The second-order valence-corrected chi connectivity index (χ2v) is 8.01. The molecule has 1 aromatic carbocycles. The van der Waals surface area contributed by atoms with Crippen LogP contribution in [0.25, 0.3) is 0 Å². The third kappa shape index (κ3) is 4.75. The van der Waals surface area contributed by atoms with Gasteiger partial charge in [0.1, 0.15) is 0 Å². The van der Waals surface area contributed by atoms with Gasteiger partial charge < -0.3 is 10.2 Å². The van der Waals surface area contributed by atoms with Gasteiger partial charge >= 0.3 is 0 Å². The molecule has 0 unspecified atom stereocenters. The largest absolute Gasteiger partial charge is 0.382 e. The van der Waals surface area contributed by atoms with Crippen molar-refractivity contribution in [3.8, 4) is 0 Å². The van der Waals surface area contributed by atoms with Crippen LogP contribution in [0.4, 0.5) is 5.69 Å². The van der Waals surface area contributed by atoms with Crippen LogP contribution in [0.5, 0.6) is 0 Å². The Morgan fingerprint density at radius 2 is 1.60 bits per heavy atom. The van der Waals surface area contributed by atoms with Gasteiger partial charge in [-0.25, -0.2) is 0 Å². The molecule has 4 heteroatoms. The molecule has 0 radical (unpaired) electrons. The van der Waals surface area contributed by atoms with Crippen LogP contribution < -0.4 is 5.32 Å². The third-order valence-corrected chi connectivity index (χ3v) is 5.86. The number of aryl methyl sites for hydroxylation is 1. The molecule has 0 aromatic heterocycles. The summed E-state index contributed by atoms with van der Waals surface area (Å²) in [6.45, 7) is 10.4. The van der Waals surface area contributed by atoms with Gasteiger partial charge in [0, 0.05) is 49.9 Å². The van der Waals surface area contributed by atoms with E-state index < -0.39 is 0 Å². The molecule has 1 N–H and O–H groups in total. The van der Waals surface area contributed by atoms with Gasteiger partial charge in [-0.05, 0) is 58.6 Å². The summed E-state index contributed by atoms with van der Waals surface area (Å²) in [5.41, 5.74) is 2.49. The fraction of sp³-hybridized carbons (Fsp3) is 0.667. The summed E-state index contributed by atoms with van der Waals surface area (Å²) in [4.78, 5) is 17.4. The van der Waals surface area contributed by atoms with Crippen molar-refractivity contribution in [2.45, 2.75) is 58.5 Å². The number of benzene rings is 1. The average molecular weight is 344 g/mol. The van der Waals surface area contributed by atoms with E-state index in [0.29, 0.717) is 18.0 Å². The minimum absolute atomic E-state index is 0.238. The monoisotopic (exact) mass is 343 g/mol. The minimum Gasteiger partial charge on any atom is -0.382 e. The molecule has 25 heavy (non-hydrogen) atoms. The highest BCUT2D eigenvalue weighted by Gasteiger charge is 2.31. The Hall–Kier alpha value is -1.55. The van der Waals surface area contributed by atoms with Gasteiger partial charge in [-0.15, -0.1) is 0 Å². The first-order valence-corrected chi connectivity index (χ1v) is 9.89. The van der Waals surface area contributed by atoms with Crippen LogP contribution in [0, 0.1) is 12.8 Å². The first-order valence-electron chi connectivity index (χ1n) is 9.89. The van der Waals surface area contributed by atoms with Crippen LogP contribution in [0.1, 0.15) is 45.1 Å². The summed E-state index contributed by atoms with van der Waals surface area (Å²) in [5, 5.41) is 3.63. The van der Waals surface area contributed by atoms with E-state index in [0.717, 1.165) is 51.9 Å². The number of rotatable bonds is 4. The normalized spacial score (nSPS) is 25.2. The van der Waals surface area contributed by atoms with Crippen LogP contribution in [-0.4, -0.2) is 54.0 Å². The number of hydrogen-bond donors (Lipinski definition) is 1. The van der Waals surface area contributed by atoms with Gasteiger partial charge in [0.05, 0.1) is 0 Å². The highest BCUT2D eigenvalue weighted by Crippen LogP contribution is 2.28. The molecule has 1 saturated carbocycles. The zero-order chi connectivity index (χ0) is 17.8. The van der Waals surface area contributed by atoms with E-state index in [2.05, 4.69) is 60.2 Å². The van der Waals surface area contributed by atoms with Crippen molar-refractivity contribution < 1.29 is 4.79 Å². The fourth-order valence-electron chi connectivity index (χ4n) is 4.09. The lowest BCUT2D eigenvalue weighted by Gasteiger charge is -2.39. The Balaban J connectivity index is 1.44. The summed E-state index contributed by atoms with van der Waals surface area (Å²) >= 11 is 0. The van der Waals surface area contributed by atoms with Crippen LogP contribution in [-0.2, 0) is 4.79 Å². The average Bonchev–Trinajstić information content (AvgIpc) is 2.64. The topological polar surface area (TPSA) is 35.6 Å². The predicted molar refractivity (Wildman–Crippen MR) is 104 cm³/mol. The second-order valence-electron chi connectivity index (χ2n) is 8.01. The number of hydrogen-bond acceptors (Lipinski definition) is 3. The minimum atomic E-state index is 0.238. The first kappa shape index (κ1) is 18.2. The fourth-order valence-corrected chi connectivity index (χ4v) is 4.09. The maximum atomic E-state index is 12.8. The number of carbonyl (C=O) groups excluding carboxylic acids is 1. The van der Waals surface area contributed by atoms with Crippen molar-refractivity contribution in [1.82, 2.24) is 9.80 Å². The molecule has 1 heterocycles. The molecule has 1 aliphatic heterocycles. The Labute approximate surface area is 152 Å². The molecule has 1 amide bonds. The quantitative estimate of drug-likeness (QED) is 0.908. The molecular weight excluding hydrogens is 310 g/mol. The molecule has 4 nitrogen and oxygen atoms in total. The molecule has 2 fully saturated rings. The lowest BCUT2D eigenvalue weighted by atomic mass is 9.85. The van der Waals surface area contributed by atoms with Gasteiger partial charge in [-0.1, -0.05) is 17.7 Å². The van der Waals surface area contributed by atoms with E-state index in [9.17, 15) is 4.79 Å². The lowest BCUT2D eigenvalue weighted by Crippen LogP contribution is -2.52. The number of nitrogens with zero attached hydrogens (tertiary/aromatic N) is 2. The van der Waals surface area contributed by atoms with Crippen LogP contribution in [0.3, 0.4) is 0 Å². The van der Waals surface area contributed by atoms with E-state index in [1.165, 1.54) is 11.3 Å². The molecule has 0 bridgehead atoms. The Morgan fingerprint density at radius 1 is 1.00 bits per heavy atom. The molecule has 0 spiro atoms. The maximum Gasteiger partial charge on any atom is 0.225 e. The standard InChI is InChI=1S/C21H33N3O/c1-16(2)23-12-14-24(15-13-23)21(25)18-6-10-20(11-7-18)22-19-8-4-17(3)5-9-19/h4-5,8-9,16,18,20,22H,6-7,10-15H2,1-3H3. The molecule has 138 valence electrons. The van der Waals surface area contributed by atoms with Gasteiger partial charge in [0.15, 0.2) is 0 Å². The SMILES string of the molecule is Cc1ccc(NC2CCC(C(=O)N3CCN(C(C)C)CC3)CC2)cc1. The van der Waals surface area contributed by atoms with Gasteiger partial charge in [0.2, 0.25) is 5.91 Å².